The van der Waals surface area contributed by atoms with Crippen LogP contribution >= 0.6 is 12.4 Å². The summed E-state index contributed by atoms with van der Waals surface area (Å²) in [6.07, 6.45) is 0.241. The third-order valence-electron chi connectivity index (χ3n) is 3.14. The van der Waals surface area contributed by atoms with Gasteiger partial charge < -0.3 is 10.0 Å². The fraction of sp³-hybridized carbons (Fsp3) is 0.462. The van der Waals surface area contributed by atoms with Crippen LogP contribution in [0.5, 0.6) is 0 Å². The molecular formula is C13H19ClN2O2. The van der Waals surface area contributed by atoms with Crippen molar-refractivity contribution in [2.24, 2.45) is 0 Å². The van der Waals surface area contributed by atoms with Crippen LogP contribution < -0.4 is 4.90 Å². The molecule has 1 aromatic carbocycles. The van der Waals surface area contributed by atoms with Crippen molar-refractivity contribution in [3.8, 4) is 0 Å². The van der Waals surface area contributed by atoms with Crippen LogP contribution in [0.15, 0.2) is 30.3 Å². The van der Waals surface area contributed by atoms with Gasteiger partial charge in [0, 0.05) is 38.4 Å². The molecule has 4 nitrogen and oxygen atoms in total. The van der Waals surface area contributed by atoms with Crippen LogP contribution in [0, 0.1) is 0 Å². The highest BCUT2D eigenvalue weighted by atomic mass is 35.5. The Balaban J connectivity index is 0.00000162. The molecule has 0 bridgehead atoms. The minimum Gasteiger partial charge on any atom is -0.481 e. The molecule has 0 spiro atoms. The number of para-hydroxylation sites is 1. The van der Waals surface area contributed by atoms with Gasteiger partial charge in [-0.05, 0) is 12.1 Å². The number of hydrogen-bond acceptors (Lipinski definition) is 3. The molecule has 1 N–H and O–H groups in total. The molecule has 1 aromatic rings. The van der Waals surface area contributed by atoms with Gasteiger partial charge in [-0.3, -0.25) is 9.69 Å². The summed E-state index contributed by atoms with van der Waals surface area (Å²) in [5.41, 5.74) is 1.25. The second-order valence-electron chi connectivity index (χ2n) is 4.31. The van der Waals surface area contributed by atoms with E-state index >= 15 is 0 Å². The summed E-state index contributed by atoms with van der Waals surface area (Å²) in [7, 11) is 0. The largest absolute Gasteiger partial charge is 0.481 e. The van der Waals surface area contributed by atoms with Crippen LogP contribution in [0.25, 0.3) is 0 Å². The van der Waals surface area contributed by atoms with E-state index in [1.165, 1.54) is 5.69 Å². The van der Waals surface area contributed by atoms with Crippen molar-refractivity contribution in [2.75, 3.05) is 37.6 Å². The minimum atomic E-state index is -0.713. The van der Waals surface area contributed by atoms with Gasteiger partial charge in [0.25, 0.3) is 0 Å². The topological polar surface area (TPSA) is 43.8 Å². The Bertz CT molecular complexity index is 365. The summed E-state index contributed by atoms with van der Waals surface area (Å²) >= 11 is 0. The first-order valence-electron chi connectivity index (χ1n) is 6.00. The minimum absolute atomic E-state index is 0. The first-order valence-corrected chi connectivity index (χ1v) is 6.00. The lowest BCUT2D eigenvalue weighted by atomic mass is 10.2. The van der Waals surface area contributed by atoms with E-state index in [0.29, 0.717) is 6.54 Å². The Morgan fingerprint density at radius 3 is 2.28 bits per heavy atom. The number of piperazine rings is 1. The van der Waals surface area contributed by atoms with E-state index in [9.17, 15) is 4.79 Å². The van der Waals surface area contributed by atoms with Gasteiger partial charge in [0.15, 0.2) is 0 Å². The number of anilines is 1. The maximum atomic E-state index is 10.5. The Morgan fingerprint density at radius 1 is 1.11 bits per heavy atom. The molecule has 0 unspecified atom stereocenters. The molecule has 5 heteroatoms. The predicted octanol–water partition coefficient (Wildman–Crippen LogP) is 1.71. The maximum Gasteiger partial charge on any atom is 0.304 e. The van der Waals surface area contributed by atoms with Gasteiger partial charge in [0.05, 0.1) is 6.42 Å². The van der Waals surface area contributed by atoms with Gasteiger partial charge in [-0.15, -0.1) is 12.4 Å². The number of carboxylic acids is 1. The zero-order valence-corrected chi connectivity index (χ0v) is 11.1. The Hall–Kier alpha value is -1.26. The van der Waals surface area contributed by atoms with Crippen molar-refractivity contribution < 1.29 is 9.90 Å². The van der Waals surface area contributed by atoms with Gasteiger partial charge in [-0.2, -0.15) is 0 Å². The number of benzene rings is 1. The first-order chi connectivity index (χ1) is 8.25. The molecule has 0 saturated carbocycles. The number of nitrogens with zero attached hydrogens (tertiary/aromatic N) is 2. The van der Waals surface area contributed by atoms with Crippen LogP contribution in [-0.2, 0) is 4.79 Å². The summed E-state index contributed by atoms with van der Waals surface area (Å²) in [6.45, 7) is 4.51. The van der Waals surface area contributed by atoms with Crippen molar-refractivity contribution in [3.05, 3.63) is 30.3 Å². The van der Waals surface area contributed by atoms with E-state index < -0.39 is 5.97 Å². The molecule has 1 aliphatic heterocycles. The quantitative estimate of drug-likeness (QED) is 0.905. The van der Waals surface area contributed by atoms with Crippen molar-refractivity contribution in [2.45, 2.75) is 6.42 Å². The molecule has 100 valence electrons. The van der Waals surface area contributed by atoms with Crippen LogP contribution in [0.4, 0.5) is 5.69 Å². The smallest absolute Gasteiger partial charge is 0.304 e. The lowest BCUT2D eigenvalue weighted by Gasteiger charge is -2.35. The highest BCUT2D eigenvalue weighted by Crippen LogP contribution is 2.15. The van der Waals surface area contributed by atoms with E-state index in [2.05, 4.69) is 21.9 Å². The average molecular weight is 271 g/mol. The van der Waals surface area contributed by atoms with Crippen LogP contribution in [-0.4, -0.2) is 48.7 Å². The van der Waals surface area contributed by atoms with E-state index in [1.807, 2.05) is 18.2 Å². The monoisotopic (exact) mass is 270 g/mol. The van der Waals surface area contributed by atoms with Crippen LogP contribution in [0.3, 0.4) is 0 Å². The van der Waals surface area contributed by atoms with Crippen LogP contribution in [0.2, 0.25) is 0 Å². The third kappa shape index (κ3) is 4.20. The average Bonchev–Trinajstić information content (AvgIpc) is 2.38. The molecule has 0 aromatic heterocycles. The lowest BCUT2D eigenvalue weighted by Crippen LogP contribution is -2.46. The molecule has 1 saturated heterocycles. The van der Waals surface area contributed by atoms with Crippen LogP contribution in [0.1, 0.15) is 6.42 Å². The summed E-state index contributed by atoms with van der Waals surface area (Å²) in [6, 6.07) is 10.4. The lowest BCUT2D eigenvalue weighted by molar-refractivity contribution is -0.137. The number of carboxylic acid groups (broad SMARTS) is 1. The summed E-state index contributed by atoms with van der Waals surface area (Å²) < 4.78 is 0. The Morgan fingerprint density at radius 2 is 1.72 bits per heavy atom. The first kappa shape index (κ1) is 14.8. The van der Waals surface area contributed by atoms with Gasteiger partial charge in [-0.25, -0.2) is 0 Å². The number of hydrogen-bond donors (Lipinski definition) is 1. The standard InChI is InChI=1S/C13H18N2O2.ClH/c16-13(17)6-7-14-8-10-15(11-9-14)12-4-2-1-3-5-12;/h1-5H,6-11H2,(H,16,17);1H. The van der Waals surface area contributed by atoms with Crippen molar-refractivity contribution >= 4 is 24.1 Å². The highest BCUT2D eigenvalue weighted by molar-refractivity contribution is 5.85. The third-order valence-corrected chi connectivity index (χ3v) is 3.14. The predicted molar refractivity (Wildman–Crippen MR) is 74.6 cm³/mol. The van der Waals surface area contributed by atoms with Crippen molar-refractivity contribution in [1.29, 1.82) is 0 Å². The molecule has 0 radical (unpaired) electrons. The molecular weight excluding hydrogens is 252 g/mol. The van der Waals surface area contributed by atoms with Crippen molar-refractivity contribution in [1.82, 2.24) is 4.90 Å². The van der Waals surface area contributed by atoms with Gasteiger partial charge in [0.1, 0.15) is 0 Å². The summed E-state index contributed by atoms with van der Waals surface area (Å²) in [5.74, 6) is -0.713. The number of halogens is 1. The number of aliphatic carboxylic acids is 1. The highest BCUT2D eigenvalue weighted by Gasteiger charge is 2.17. The zero-order valence-electron chi connectivity index (χ0n) is 10.3. The maximum absolute atomic E-state index is 10.5. The Labute approximate surface area is 114 Å². The summed E-state index contributed by atoms with van der Waals surface area (Å²) in [4.78, 5) is 15.1. The van der Waals surface area contributed by atoms with E-state index in [0.717, 1.165) is 26.2 Å². The normalized spacial score (nSPS) is 16.1. The zero-order chi connectivity index (χ0) is 12.1. The van der Waals surface area contributed by atoms with E-state index in [1.54, 1.807) is 0 Å². The molecule has 0 atom stereocenters. The fourth-order valence-electron chi connectivity index (χ4n) is 2.12. The van der Waals surface area contributed by atoms with E-state index in [4.69, 9.17) is 5.11 Å². The molecule has 2 rings (SSSR count). The SMILES string of the molecule is Cl.O=C(O)CCN1CCN(c2ccccc2)CC1. The van der Waals surface area contributed by atoms with Gasteiger partial charge in [0.2, 0.25) is 0 Å². The van der Waals surface area contributed by atoms with Gasteiger partial charge in [-0.1, -0.05) is 18.2 Å². The molecule has 1 heterocycles. The van der Waals surface area contributed by atoms with Crippen molar-refractivity contribution in [3.63, 3.8) is 0 Å². The second-order valence-corrected chi connectivity index (χ2v) is 4.31. The summed E-state index contributed by atoms with van der Waals surface area (Å²) in [5, 5.41) is 8.64. The van der Waals surface area contributed by atoms with Gasteiger partial charge >= 0.3 is 5.97 Å². The Kier molecular flexibility index (Phi) is 5.95. The molecule has 0 aliphatic carbocycles. The number of carbonyl (C=O) groups is 1. The molecule has 18 heavy (non-hydrogen) atoms. The second kappa shape index (κ2) is 7.24. The van der Waals surface area contributed by atoms with E-state index in [-0.39, 0.29) is 18.8 Å². The fourth-order valence-corrected chi connectivity index (χ4v) is 2.12. The number of rotatable bonds is 4. The molecule has 1 fully saturated rings. The molecule has 0 amide bonds. The molecule has 1 aliphatic rings.